The SMILES string of the molecule is Cc1cc(N)c2cc(NC(=O)c3ccccc3COc3ccc(F)cc3)ccc2n1. The van der Waals surface area contributed by atoms with Crippen LogP contribution in [0.5, 0.6) is 5.75 Å². The van der Waals surface area contributed by atoms with Crippen LogP contribution in [-0.2, 0) is 6.61 Å². The topological polar surface area (TPSA) is 77.2 Å². The zero-order chi connectivity index (χ0) is 21.1. The quantitative estimate of drug-likeness (QED) is 0.488. The number of aromatic nitrogens is 1. The summed E-state index contributed by atoms with van der Waals surface area (Å²) in [5, 5.41) is 3.69. The predicted octanol–water partition coefficient (Wildman–Crippen LogP) is 5.10. The first-order valence-electron chi connectivity index (χ1n) is 9.44. The highest BCUT2D eigenvalue weighted by molar-refractivity contribution is 6.06. The van der Waals surface area contributed by atoms with Crippen molar-refractivity contribution in [3.8, 4) is 5.75 Å². The van der Waals surface area contributed by atoms with Crippen LogP contribution >= 0.6 is 0 Å². The molecule has 0 saturated heterocycles. The van der Waals surface area contributed by atoms with E-state index < -0.39 is 0 Å². The molecular weight excluding hydrogens is 381 g/mol. The number of aryl methyl sites for hydroxylation is 1. The summed E-state index contributed by atoms with van der Waals surface area (Å²) < 4.78 is 18.7. The largest absolute Gasteiger partial charge is 0.489 e. The molecule has 0 atom stereocenters. The molecule has 150 valence electrons. The van der Waals surface area contributed by atoms with Crippen molar-refractivity contribution in [2.45, 2.75) is 13.5 Å². The van der Waals surface area contributed by atoms with Gasteiger partial charge in [0, 0.05) is 33.6 Å². The molecule has 0 aliphatic carbocycles. The average molecular weight is 401 g/mol. The molecule has 3 N–H and O–H groups in total. The Labute approximate surface area is 173 Å². The molecule has 0 bridgehead atoms. The Bertz CT molecular complexity index is 1220. The molecule has 3 aromatic carbocycles. The molecule has 1 heterocycles. The number of amides is 1. The third kappa shape index (κ3) is 4.22. The molecular formula is C24H20FN3O2. The van der Waals surface area contributed by atoms with Crippen LogP contribution in [0.3, 0.4) is 0 Å². The third-order valence-electron chi connectivity index (χ3n) is 4.70. The lowest BCUT2D eigenvalue weighted by Gasteiger charge is -2.12. The summed E-state index contributed by atoms with van der Waals surface area (Å²) in [6.07, 6.45) is 0. The van der Waals surface area contributed by atoms with E-state index in [9.17, 15) is 9.18 Å². The Morgan fingerprint density at radius 1 is 1.07 bits per heavy atom. The van der Waals surface area contributed by atoms with E-state index in [1.165, 1.54) is 12.1 Å². The number of anilines is 2. The highest BCUT2D eigenvalue weighted by Crippen LogP contribution is 2.25. The number of benzene rings is 3. The van der Waals surface area contributed by atoms with Crippen LogP contribution < -0.4 is 15.8 Å². The van der Waals surface area contributed by atoms with E-state index in [1.807, 2.05) is 31.2 Å². The second-order valence-corrected chi connectivity index (χ2v) is 6.94. The average Bonchev–Trinajstić information content (AvgIpc) is 2.74. The van der Waals surface area contributed by atoms with E-state index in [4.69, 9.17) is 10.5 Å². The highest BCUT2D eigenvalue weighted by atomic mass is 19.1. The van der Waals surface area contributed by atoms with Crippen LogP contribution in [0.25, 0.3) is 10.9 Å². The van der Waals surface area contributed by atoms with Gasteiger partial charge in [-0.25, -0.2) is 4.39 Å². The van der Waals surface area contributed by atoms with E-state index in [-0.39, 0.29) is 18.3 Å². The summed E-state index contributed by atoms with van der Waals surface area (Å²) in [5.41, 5.74) is 10.2. The molecule has 4 rings (SSSR count). The monoisotopic (exact) mass is 401 g/mol. The summed E-state index contributed by atoms with van der Waals surface area (Å²) in [4.78, 5) is 17.4. The number of hydrogen-bond donors (Lipinski definition) is 2. The molecule has 0 spiro atoms. The minimum absolute atomic E-state index is 0.184. The van der Waals surface area contributed by atoms with Crippen LogP contribution in [0.1, 0.15) is 21.6 Å². The predicted molar refractivity (Wildman–Crippen MR) is 116 cm³/mol. The molecule has 0 aliphatic heterocycles. The molecule has 0 unspecified atom stereocenters. The maximum atomic E-state index is 13.0. The maximum absolute atomic E-state index is 13.0. The van der Waals surface area contributed by atoms with Crippen molar-refractivity contribution in [3.63, 3.8) is 0 Å². The fraction of sp³-hybridized carbons (Fsp3) is 0.0833. The van der Waals surface area contributed by atoms with Crippen molar-refractivity contribution in [3.05, 3.63) is 95.4 Å². The van der Waals surface area contributed by atoms with Crippen molar-refractivity contribution in [2.24, 2.45) is 0 Å². The number of nitrogens with one attached hydrogen (secondary N) is 1. The summed E-state index contributed by atoms with van der Waals surface area (Å²) in [7, 11) is 0. The van der Waals surface area contributed by atoms with Crippen molar-refractivity contribution in [2.75, 3.05) is 11.1 Å². The first-order valence-corrected chi connectivity index (χ1v) is 9.44. The standard InChI is InChI=1S/C24H20FN3O2/c1-15-12-22(26)21-13-18(8-11-23(21)27-15)28-24(29)20-5-3-2-4-16(20)14-30-19-9-6-17(25)7-10-19/h2-13H,14H2,1H3,(H2,26,27)(H,28,29). The second kappa shape index (κ2) is 8.21. The van der Waals surface area contributed by atoms with Gasteiger partial charge in [-0.05, 0) is 61.5 Å². The Kier molecular flexibility index (Phi) is 5.30. The minimum Gasteiger partial charge on any atom is -0.489 e. The van der Waals surface area contributed by atoms with Crippen molar-refractivity contribution in [1.82, 2.24) is 4.98 Å². The van der Waals surface area contributed by atoms with Crippen LogP contribution in [0, 0.1) is 12.7 Å². The molecule has 0 aliphatic rings. The molecule has 1 aromatic heterocycles. The lowest BCUT2D eigenvalue weighted by molar-refractivity contribution is 0.102. The van der Waals surface area contributed by atoms with Crippen LogP contribution in [-0.4, -0.2) is 10.9 Å². The Morgan fingerprint density at radius 2 is 1.83 bits per heavy atom. The van der Waals surface area contributed by atoms with Crippen LogP contribution in [0.4, 0.5) is 15.8 Å². The van der Waals surface area contributed by atoms with E-state index in [0.29, 0.717) is 22.7 Å². The molecule has 5 nitrogen and oxygen atoms in total. The smallest absolute Gasteiger partial charge is 0.256 e. The fourth-order valence-corrected chi connectivity index (χ4v) is 3.23. The normalized spacial score (nSPS) is 10.7. The fourth-order valence-electron chi connectivity index (χ4n) is 3.23. The Morgan fingerprint density at radius 3 is 2.63 bits per heavy atom. The number of halogens is 1. The number of rotatable bonds is 5. The van der Waals surface area contributed by atoms with Gasteiger partial charge in [-0.15, -0.1) is 0 Å². The summed E-state index contributed by atoms with van der Waals surface area (Å²) >= 11 is 0. The van der Waals surface area contributed by atoms with Gasteiger partial charge in [0.15, 0.2) is 0 Å². The number of nitrogens with zero attached hydrogens (tertiary/aromatic N) is 1. The van der Waals surface area contributed by atoms with Gasteiger partial charge in [-0.3, -0.25) is 9.78 Å². The highest BCUT2D eigenvalue weighted by Gasteiger charge is 2.13. The van der Waals surface area contributed by atoms with Gasteiger partial charge in [0.2, 0.25) is 0 Å². The molecule has 0 fully saturated rings. The van der Waals surface area contributed by atoms with Gasteiger partial charge in [0.05, 0.1) is 5.52 Å². The summed E-state index contributed by atoms with van der Waals surface area (Å²) in [5.74, 6) is -0.0609. The number of nitrogens with two attached hydrogens (primary N) is 1. The Hall–Kier alpha value is -3.93. The van der Waals surface area contributed by atoms with Gasteiger partial charge in [0.25, 0.3) is 5.91 Å². The second-order valence-electron chi connectivity index (χ2n) is 6.94. The van der Waals surface area contributed by atoms with Gasteiger partial charge in [-0.1, -0.05) is 18.2 Å². The molecule has 4 aromatic rings. The number of pyridine rings is 1. The van der Waals surface area contributed by atoms with Gasteiger partial charge in [-0.2, -0.15) is 0 Å². The van der Waals surface area contributed by atoms with Crippen LogP contribution in [0.2, 0.25) is 0 Å². The van der Waals surface area contributed by atoms with Gasteiger partial charge < -0.3 is 15.8 Å². The number of ether oxygens (including phenoxy) is 1. The van der Waals surface area contributed by atoms with Crippen molar-refractivity contribution in [1.29, 1.82) is 0 Å². The first kappa shape index (κ1) is 19.4. The third-order valence-corrected chi connectivity index (χ3v) is 4.70. The molecule has 0 saturated carbocycles. The number of carbonyl (C=O) groups is 1. The molecule has 30 heavy (non-hydrogen) atoms. The molecule has 1 amide bonds. The van der Waals surface area contributed by atoms with Crippen molar-refractivity contribution < 1.29 is 13.9 Å². The minimum atomic E-state index is -0.330. The number of fused-ring (bicyclic) bond motifs is 1. The Balaban J connectivity index is 1.53. The molecule has 0 radical (unpaired) electrons. The number of hydrogen-bond acceptors (Lipinski definition) is 4. The van der Waals surface area contributed by atoms with Crippen LogP contribution in [0.15, 0.2) is 72.8 Å². The zero-order valence-corrected chi connectivity index (χ0v) is 16.4. The summed E-state index contributed by atoms with van der Waals surface area (Å²) in [6.45, 7) is 2.07. The lowest BCUT2D eigenvalue weighted by atomic mass is 10.1. The van der Waals surface area contributed by atoms with Crippen molar-refractivity contribution >= 4 is 28.2 Å². The van der Waals surface area contributed by atoms with E-state index in [0.717, 1.165) is 22.2 Å². The first-order chi connectivity index (χ1) is 14.5. The lowest BCUT2D eigenvalue weighted by Crippen LogP contribution is -2.15. The van der Waals surface area contributed by atoms with Gasteiger partial charge >= 0.3 is 0 Å². The van der Waals surface area contributed by atoms with E-state index in [1.54, 1.807) is 36.4 Å². The van der Waals surface area contributed by atoms with Gasteiger partial charge in [0.1, 0.15) is 18.2 Å². The number of nitrogen functional groups attached to an aromatic ring is 1. The number of carbonyl (C=O) groups excluding carboxylic acids is 1. The zero-order valence-electron chi connectivity index (χ0n) is 16.4. The molecule has 6 heteroatoms. The van der Waals surface area contributed by atoms with E-state index in [2.05, 4.69) is 10.3 Å². The van der Waals surface area contributed by atoms with E-state index >= 15 is 0 Å². The summed E-state index contributed by atoms with van der Waals surface area (Å²) in [6, 6.07) is 20.2. The maximum Gasteiger partial charge on any atom is 0.256 e.